The van der Waals surface area contributed by atoms with Crippen LogP contribution in [0.5, 0.6) is 0 Å². The lowest BCUT2D eigenvalue weighted by atomic mass is 10.1. The van der Waals surface area contributed by atoms with Gasteiger partial charge in [-0.15, -0.1) is 23.7 Å². The van der Waals surface area contributed by atoms with Gasteiger partial charge in [-0.2, -0.15) is 0 Å². The summed E-state index contributed by atoms with van der Waals surface area (Å²) in [5.41, 5.74) is 0.433. The molecule has 1 heterocycles. The second kappa shape index (κ2) is 9.43. The van der Waals surface area contributed by atoms with Crippen LogP contribution in [-0.4, -0.2) is 42.9 Å². The Bertz CT molecular complexity index is 574. The second-order valence-corrected chi connectivity index (χ2v) is 5.85. The lowest BCUT2D eigenvalue weighted by Crippen LogP contribution is -2.28. The zero-order chi connectivity index (χ0) is 15.2. The molecule has 0 fully saturated rings. The van der Waals surface area contributed by atoms with Gasteiger partial charge in [0.05, 0.1) is 13.2 Å². The highest BCUT2D eigenvalue weighted by molar-refractivity contribution is 7.17. The van der Waals surface area contributed by atoms with Crippen LogP contribution in [0.25, 0.3) is 10.1 Å². The largest absolute Gasteiger partial charge is 0.393 e. The summed E-state index contributed by atoms with van der Waals surface area (Å²) in [5, 5.41) is 12.4. The average molecular weight is 348 g/mol. The van der Waals surface area contributed by atoms with E-state index in [2.05, 4.69) is 18.7 Å². The van der Waals surface area contributed by atoms with E-state index < -0.39 is 6.10 Å². The maximum Gasteiger partial charge on any atom is 0.130 e. The fraction of sp³-hybridized carbons (Fsp3) is 0.500. The molecule has 0 aliphatic carbocycles. The first-order valence-corrected chi connectivity index (χ1v) is 8.19. The van der Waals surface area contributed by atoms with Gasteiger partial charge in [0, 0.05) is 16.8 Å². The van der Waals surface area contributed by atoms with Crippen LogP contribution < -0.4 is 0 Å². The van der Waals surface area contributed by atoms with E-state index in [-0.39, 0.29) is 24.8 Å². The van der Waals surface area contributed by atoms with Crippen LogP contribution in [0.4, 0.5) is 4.39 Å². The molecule has 1 aromatic carbocycles. The van der Waals surface area contributed by atoms with Gasteiger partial charge in [-0.3, -0.25) is 0 Å². The average Bonchev–Trinajstić information content (AvgIpc) is 2.94. The minimum Gasteiger partial charge on any atom is -0.393 e. The Balaban J connectivity index is 0.00000242. The van der Waals surface area contributed by atoms with Gasteiger partial charge >= 0.3 is 0 Å². The predicted molar refractivity (Wildman–Crippen MR) is 92.6 cm³/mol. The molecule has 0 aliphatic rings. The number of thiophene rings is 1. The van der Waals surface area contributed by atoms with Crippen molar-refractivity contribution in [3.8, 4) is 0 Å². The number of halogens is 2. The highest BCUT2D eigenvalue weighted by Gasteiger charge is 2.17. The smallest absolute Gasteiger partial charge is 0.130 e. The van der Waals surface area contributed by atoms with Gasteiger partial charge in [0.15, 0.2) is 0 Å². The van der Waals surface area contributed by atoms with Crippen molar-refractivity contribution in [2.75, 3.05) is 32.8 Å². The van der Waals surface area contributed by atoms with Crippen molar-refractivity contribution in [2.24, 2.45) is 0 Å². The molecule has 2 aromatic rings. The fourth-order valence-corrected chi connectivity index (χ4v) is 3.15. The fourth-order valence-electron chi connectivity index (χ4n) is 2.35. The Morgan fingerprint density at radius 2 is 2.05 bits per heavy atom. The third kappa shape index (κ3) is 4.64. The minimum atomic E-state index is -0.607. The number of aliphatic hydroxyl groups is 1. The van der Waals surface area contributed by atoms with Crippen molar-refractivity contribution in [3.63, 3.8) is 0 Å². The third-order valence-electron chi connectivity index (χ3n) is 3.71. The van der Waals surface area contributed by atoms with E-state index in [1.165, 1.54) is 17.4 Å². The third-order valence-corrected chi connectivity index (χ3v) is 4.59. The summed E-state index contributed by atoms with van der Waals surface area (Å²) in [7, 11) is 0. The Morgan fingerprint density at radius 1 is 1.32 bits per heavy atom. The molecule has 0 spiro atoms. The van der Waals surface area contributed by atoms with E-state index >= 15 is 0 Å². The number of benzene rings is 1. The number of aliphatic hydroxyl groups excluding tert-OH is 1. The zero-order valence-corrected chi connectivity index (χ0v) is 14.6. The molecular formula is C16H23ClFNO2S. The molecule has 0 saturated heterocycles. The van der Waals surface area contributed by atoms with Gasteiger partial charge < -0.3 is 14.7 Å². The van der Waals surface area contributed by atoms with Crippen molar-refractivity contribution < 1.29 is 14.2 Å². The highest BCUT2D eigenvalue weighted by atomic mass is 35.5. The lowest BCUT2D eigenvalue weighted by Gasteiger charge is -2.21. The summed E-state index contributed by atoms with van der Waals surface area (Å²) in [6.45, 7) is 7.15. The number of likely N-dealkylation sites (N-methyl/N-ethyl adjacent to an activating group) is 1. The number of ether oxygens (including phenoxy) is 1. The maximum atomic E-state index is 14.2. The Hall–Kier alpha value is -0.720. The van der Waals surface area contributed by atoms with E-state index in [9.17, 15) is 9.50 Å². The van der Waals surface area contributed by atoms with Crippen LogP contribution in [0.15, 0.2) is 23.6 Å². The van der Waals surface area contributed by atoms with Gasteiger partial charge in [-0.1, -0.05) is 13.8 Å². The zero-order valence-electron chi connectivity index (χ0n) is 12.9. The first-order valence-electron chi connectivity index (χ1n) is 7.31. The first-order chi connectivity index (χ1) is 10.2. The second-order valence-electron chi connectivity index (χ2n) is 4.90. The molecule has 0 aliphatic heterocycles. The molecule has 0 radical (unpaired) electrons. The summed E-state index contributed by atoms with van der Waals surface area (Å²) >= 11 is 1.51. The molecule has 1 N–H and O–H groups in total. The molecule has 1 aromatic heterocycles. The van der Waals surface area contributed by atoms with E-state index in [0.29, 0.717) is 12.2 Å². The van der Waals surface area contributed by atoms with Crippen LogP contribution in [-0.2, 0) is 4.74 Å². The van der Waals surface area contributed by atoms with Crippen molar-refractivity contribution in [1.29, 1.82) is 0 Å². The lowest BCUT2D eigenvalue weighted by molar-refractivity contribution is 0.000807. The Morgan fingerprint density at radius 3 is 2.68 bits per heavy atom. The molecule has 0 saturated carbocycles. The minimum absolute atomic E-state index is 0. The SMILES string of the molecule is CCN(CC)CCOC(CO)c1cc2ccsc2cc1F.Cl. The summed E-state index contributed by atoms with van der Waals surface area (Å²) in [6.07, 6.45) is -0.607. The molecule has 0 bridgehead atoms. The predicted octanol–water partition coefficient (Wildman–Crippen LogP) is 3.85. The molecule has 2 rings (SSSR count). The molecule has 1 unspecified atom stereocenters. The molecule has 3 nitrogen and oxygen atoms in total. The molecular weight excluding hydrogens is 325 g/mol. The van der Waals surface area contributed by atoms with Crippen LogP contribution in [0.3, 0.4) is 0 Å². The van der Waals surface area contributed by atoms with Gasteiger partial charge in [0.1, 0.15) is 11.9 Å². The summed E-state index contributed by atoms with van der Waals surface area (Å²) in [5.74, 6) is -0.313. The number of hydrogen-bond donors (Lipinski definition) is 1. The van der Waals surface area contributed by atoms with Crippen LogP contribution in [0.1, 0.15) is 25.5 Å². The van der Waals surface area contributed by atoms with Crippen LogP contribution in [0.2, 0.25) is 0 Å². The Labute approximate surface area is 141 Å². The number of fused-ring (bicyclic) bond motifs is 1. The van der Waals surface area contributed by atoms with E-state index in [0.717, 1.165) is 29.7 Å². The number of nitrogens with zero attached hydrogens (tertiary/aromatic N) is 1. The quantitative estimate of drug-likeness (QED) is 0.787. The number of hydrogen-bond acceptors (Lipinski definition) is 4. The normalized spacial score (nSPS) is 12.6. The van der Waals surface area contributed by atoms with E-state index in [1.54, 1.807) is 6.07 Å². The molecule has 124 valence electrons. The highest BCUT2D eigenvalue weighted by Crippen LogP contribution is 2.28. The van der Waals surface area contributed by atoms with Gasteiger partial charge in [-0.25, -0.2) is 4.39 Å². The molecule has 0 amide bonds. The summed E-state index contributed by atoms with van der Waals surface area (Å²) in [4.78, 5) is 2.23. The molecule has 22 heavy (non-hydrogen) atoms. The van der Waals surface area contributed by atoms with Crippen molar-refractivity contribution in [1.82, 2.24) is 4.90 Å². The van der Waals surface area contributed by atoms with Crippen molar-refractivity contribution in [2.45, 2.75) is 20.0 Å². The maximum absolute atomic E-state index is 14.2. The van der Waals surface area contributed by atoms with Gasteiger partial charge in [-0.05, 0) is 42.1 Å². The van der Waals surface area contributed by atoms with Crippen molar-refractivity contribution >= 4 is 33.8 Å². The van der Waals surface area contributed by atoms with Crippen LogP contribution in [0, 0.1) is 5.82 Å². The Kier molecular flexibility index (Phi) is 8.28. The summed E-state index contributed by atoms with van der Waals surface area (Å²) < 4.78 is 20.8. The first kappa shape index (κ1) is 19.3. The summed E-state index contributed by atoms with van der Waals surface area (Å²) in [6, 6.07) is 5.25. The topological polar surface area (TPSA) is 32.7 Å². The van der Waals surface area contributed by atoms with E-state index in [4.69, 9.17) is 4.74 Å². The van der Waals surface area contributed by atoms with E-state index in [1.807, 2.05) is 11.4 Å². The standard InChI is InChI=1S/C16H22FNO2S.ClH/c1-3-18(4-2)6-7-20-15(11-19)13-9-12-5-8-21-16(12)10-14(13)17;/h5,8-10,15,19H,3-4,6-7,11H2,1-2H3;1H. The van der Waals surface area contributed by atoms with Gasteiger partial charge in [0.2, 0.25) is 0 Å². The van der Waals surface area contributed by atoms with Gasteiger partial charge in [0.25, 0.3) is 0 Å². The molecule has 6 heteroatoms. The monoisotopic (exact) mass is 347 g/mol. The molecule has 1 atom stereocenters. The van der Waals surface area contributed by atoms with Crippen molar-refractivity contribution in [3.05, 3.63) is 35.0 Å². The number of rotatable bonds is 8. The van der Waals surface area contributed by atoms with Crippen LogP contribution >= 0.6 is 23.7 Å².